The van der Waals surface area contributed by atoms with Crippen molar-refractivity contribution in [2.24, 2.45) is 5.73 Å². The largest absolute Gasteiger partial charge is 0.383 e. The molecule has 0 spiro atoms. The Morgan fingerprint density at radius 3 is 2.38 bits per heavy atom. The highest BCUT2D eigenvalue weighted by atomic mass is 16.2. The Kier molecular flexibility index (Phi) is 4.34. The molecule has 4 N–H and O–H groups in total. The molecular weight excluding hydrogens is 204 g/mol. The van der Waals surface area contributed by atoms with Gasteiger partial charge in [-0.1, -0.05) is 26.7 Å². The lowest BCUT2D eigenvalue weighted by Crippen LogP contribution is -2.22. The van der Waals surface area contributed by atoms with E-state index in [0.717, 1.165) is 35.9 Å². The first-order valence-electron chi connectivity index (χ1n) is 5.74. The number of nitrogen functional groups attached to an aromatic ring is 1. The first kappa shape index (κ1) is 12.5. The van der Waals surface area contributed by atoms with Crippen LogP contribution in [0.5, 0.6) is 0 Å². The predicted octanol–water partition coefficient (Wildman–Crippen LogP) is 2.08. The van der Waals surface area contributed by atoms with Crippen molar-refractivity contribution >= 4 is 11.8 Å². The molecule has 16 heavy (non-hydrogen) atoms. The fourth-order valence-electron chi connectivity index (χ4n) is 2.01. The van der Waals surface area contributed by atoms with Crippen molar-refractivity contribution in [3.05, 3.63) is 11.8 Å². The maximum absolute atomic E-state index is 11.0. The average Bonchev–Trinajstić information content (AvgIpc) is 2.60. The standard InChI is InChI=1S/C11H20N4O/c1-3-5-8(6-4-2)9-7-14-15(10(9)12)11(13)16/h7-8H,3-6,12H2,1-2H3,(H2,13,16). The zero-order chi connectivity index (χ0) is 12.1. The molecule has 5 nitrogen and oxygen atoms in total. The number of aromatic nitrogens is 2. The van der Waals surface area contributed by atoms with E-state index in [1.54, 1.807) is 6.20 Å². The van der Waals surface area contributed by atoms with E-state index < -0.39 is 6.03 Å². The van der Waals surface area contributed by atoms with Gasteiger partial charge in [0.2, 0.25) is 0 Å². The number of rotatable bonds is 5. The van der Waals surface area contributed by atoms with Gasteiger partial charge in [-0.2, -0.15) is 9.78 Å². The van der Waals surface area contributed by atoms with Gasteiger partial charge in [-0.15, -0.1) is 0 Å². The summed E-state index contributed by atoms with van der Waals surface area (Å²) in [5, 5.41) is 3.92. The van der Waals surface area contributed by atoms with Crippen LogP contribution in [-0.2, 0) is 0 Å². The molecule has 1 heterocycles. The quantitative estimate of drug-likeness (QED) is 0.802. The molecule has 0 aliphatic carbocycles. The van der Waals surface area contributed by atoms with E-state index in [4.69, 9.17) is 11.5 Å². The third kappa shape index (κ3) is 2.53. The smallest absolute Gasteiger partial charge is 0.341 e. The van der Waals surface area contributed by atoms with E-state index in [1.807, 2.05) is 0 Å². The molecule has 0 fully saturated rings. The number of primary amides is 1. The van der Waals surface area contributed by atoms with Crippen molar-refractivity contribution < 1.29 is 4.79 Å². The summed E-state index contributed by atoms with van der Waals surface area (Å²) in [5.74, 6) is 0.766. The van der Waals surface area contributed by atoms with Crippen molar-refractivity contribution in [2.45, 2.75) is 45.4 Å². The molecular formula is C11H20N4O. The minimum atomic E-state index is -0.629. The van der Waals surface area contributed by atoms with Gasteiger partial charge in [0.05, 0.1) is 6.20 Å². The summed E-state index contributed by atoms with van der Waals surface area (Å²) >= 11 is 0. The molecule has 1 aromatic rings. The van der Waals surface area contributed by atoms with Crippen LogP contribution in [-0.4, -0.2) is 15.8 Å². The second-order valence-electron chi connectivity index (χ2n) is 4.01. The maximum Gasteiger partial charge on any atom is 0.341 e. The molecule has 0 saturated heterocycles. The number of nitrogens with zero attached hydrogens (tertiary/aromatic N) is 2. The van der Waals surface area contributed by atoms with E-state index in [0.29, 0.717) is 11.7 Å². The third-order valence-electron chi connectivity index (χ3n) is 2.76. The second kappa shape index (κ2) is 5.53. The van der Waals surface area contributed by atoms with Gasteiger partial charge in [0.1, 0.15) is 5.82 Å². The predicted molar refractivity (Wildman–Crippen MR) is 64.2 cm³/mol. The van der Waals surface area contributed by atoms with Crippen LogP contribution in [0.25, 0.3) is 0 Å². The van der Waals surface area contributed by atoms with E-state index in [1.165, 1.54) is 0 Å². The normalized spacial score (nSPS) is 10.9. The molecule has 0 saturated carbocycles. The monoisotopic (exact) mass is 224 g/mol. The molecule has 0 aliphatic rings. The Hall–Kier alpha value is -1.52. The number of amides is 1. The number of nitrogens with two attached hydrogens (primary N) is 2. The van der Waals surface area contributed by atoms with Gasteiger partial charge in [0, 0.05) is 5.56 Å². The molecule has 5 heteroatoms. The molecule has 1 amide bonds. The van der Waals surface area contributed by atoms with Crippen LogP contribution < -0.4 is 11.5 Å². The van der Waals surface area contributed by atoms with E-state index in [9.17, 15) is 4.79 Å². The molecule has 0 aromatic carbocycles. The molecule has 90 valence electrons. The number of hydrogen-bond acceptors (Lipinski definition) is 3. The minimum absolute atomic E-state index is 0.378. The van der Waals surface area contributed by atoms with Crippen molar-refractivity contribution in [1.82, 2.24) is 9.78 Å². The number of carbonyl (C=O) groups is 1. The fraction of sp³-hybridized carbons (Fsp3) is 0.636. The molecule has 0 atom stereocenters. The van der Waals surface area contributed by atoms with Crippen LogP contribution >= 0.6 is 0 Å². The van der Waals surface area contributed by atoms with Crippen LogP contribution in [0.15, 0.2) is 6.20 Å². The molecule has 1 aromatic heterocycles. The van der Waals surface area contributed by atoms with Crippen molar-refractivity contribution in [3.8, 4) is 0 Å². The van der Waals surface area contributed by atoms with Crippen LogP contribution in [0.4, 0.5) is 10.6 Å². The average molecular weight is 224 g/mol. The van der Waals surface area contributed by atoms with Crippen molar-refractivity contribution in [3.63, 3.8) is 0 Å². The lowest BCUT2D eigenvalue weighted by molar-refractivity contribution is 0.248. The minimum Gasteiger partial charge on any atom is -0.383 e. The number of carbonyl (C=O) groups excluding carboxylic acids is 1. The summed E-state index contributed by atoms with van der Waals surface area (Å²) in [6, 6.07) is -0.629. The van der Waals surface area contributed by atoms with Crippen molar-refractivity contribution in [2.75, 3.05) is 5.73 Å². The Labute approximate surface area is 95.8 Å². The van der Waals surface area contributed by atoms with Crippen LogP contribution in [0, 0.1) is 0 Å². The van der Waals surface area contributed by atoms with E-state index in [2.05, 4.69) is 18.9 Å². The molecule has 0 unspecified atom stereocenters. The Morgan fingerprint density at radius 1 is 1.44 bits per heavy atom. The van der Waals surface area contributed by atoms with E-state index >= 15 is 0 Å². The van der Waals surface area contributed by atoms with Crippen molar-refractivity contribution in [1.29, 1.82) is 0 Å². The summed E-state index contributed by atoms with van der Waals surface area (Å²) in [7, 11) is 0. The van der Waals surface area contributed by atoms with Gasteiger partial charge in [-0.05, 0) is 18.8 Å². The lowest BCUT2D eigenvalue weighted by Gasteiger charge is -2.14. The first-order valence-corrected chi connectivity index (χ1v) is 5.74. The summed E-state index contributed by atoms with van der Waals surface area (Å²) in [6.07, 6.45) is 5.96. The SMILES string of the molecule is CCCC(CCC)c1cnn(C(N)=O)c1N. The van der Waals surface area contributed by atoms with Gasteiger partial charge >= 0.3 is 6.03 Å². The number of hydrogen-bond donors (Lipinski definition) is 2. The second-order valence-corrected chi connectivity index (χ2v) is 4.01. The van der Waals surface area contributed by atoms with Gasteiger partial charge in [0.15, 0.2) is 0 Å². The molecule has 0 radical (unpaired) electrons. The van der Waals surface area contributed by atoms with E-state index in [-0.39, 0.29) is 0 Å². The van der Waals surface area contributed by atoms with Gasteiger partial charge in [-0.3, -0.25) is 0 Å². The summed E-state index contributed by atoms with van der Waals surface area (Å²) in [4.78, 5) is 11.0. The first-order chi connectivity index (χ1) is 7.61. The fourth-order valence-corrected chi connectivity index (χ4v) is 2.01. The highest BCUT2D eigenvalue weighted by molar-refractivity contribution is 5.77. The van der Waals surface area contributed by atoms with Gasteiger partial charge in [-0.25, -0.2) is 4.79 Å². The Bertz CT molecular complexity index is 353. The lowest BCUT2D eigenvalue weighted by atomic mass is 9.92. The summed E-state index contributed by atoms with van der Waals surface area (Å²) < 4.78 is 1.06. The Morgan fingerprint density at radius 2 is 2.00 bits per heavy atom. The highest BCUT2D eigenvalue weighted by Gasteiger charge is 2.18. The van der Waals surface area contributed by atoms with Crippen LogP contribution in [0.2, 0.25) is 0 Å². The molecule has 0 aliphatic heterocycles. The molecule has 1 rings (SSSR count). The van der Waals surface area contributed by atoms with Gasteiger partial charge < -0.3 is 11.5 Å². The zero-order valence-electron chi connectivity index (χ0n) is 9.94. The van der Waals surface area contributed by atoms with Crippen LogP contribution in [0.3, 0.4) is 0 Å². The van der Waals surface area contributed by atoms with Gasteiger partial charge in [0.25, 0.3) is 0 Å². The van der Waals surface area contributed by atoms with Crippen LogP contribution in [0.1, 0.15) is 51.0 Å². The Balaban J connectivity index is 2.96. The third-order valence-corrected chi connectivity index (χ3v) is 2.76. The summed E-state index contributed by atoms with van der Waals surface area (Å²) in [6.45, 7) is 4.27. The number of anilines is 1. The highest BCUT2D eigenvalue weighted by Crippen LogP contribution is 2.30. The summed E-state index contributed by atoms with van der Waals surface area (Å²) in [5.41, 5.74) is 12.0. The maximum atomic E-state index is 11.0. The zero-order valence-corrected chi connectivity index (χ0v) is 9.94. The molecule has 0 bridgehead atoms. The topological polar surface area (TPSA) is 86.9 Å².